The van der Waals surface area contributed by atoms with Gasteiger partial charge < -0.3 is 19.3 Å². The van der Waals surface area contributed by atoms with Crippen LogP contribution in [-0.4, -0.2) is 59.3 Å². The number of pyridine rings is 1. The maximum atomic E-state index is 14.6. The van der Waals surface area contributed by atoms with Crippen molar-refractivity contribution in [3.63, 3.8) is 0 Å². The van der Waals surface area contributed by atoms with E-state index in [9.17, 15) is 40.7 Å². The molecule has 3 rings (SSSR count). The number of benzene rings is 1. The molecule has 1 aromatic carbocycles. The van der Waals surface area contributed by atoms with Crippen molar-refractivity contribution in [1.82, 2.24) is 15.8 Å². The monoisotopic (exact) mass is 686 g/mol. The Labute approximate surface area is 248 Å². The van der Waals surface area contributed by atoms with Crippen molar-refractivity contribution >= 4 is 39.5 Å². The van der Waals surface area contributed by atoms with E-state index < -0.39 is 76.7 Å². The molecule has 2 heterocycles. The topological polar surface area (TPSA) is 148 Å². The molecule has 4 N–H and O–H groups in total. The highest BCUT2D eigenvalue weighted by Gasteiger charge is 2.61. The summed E-state index contributed by atoms with van der Waals surface area (Å²) < 4.78 is 98.3. The third kappa shape index (κ3) is 9.01. The van der Waals surface area contributed by atoms with E-state index in [1.807, 2.05) is 0 Å². The molecule has 1 aliphatic rings. The quantitative estimate of drug-likeness (QED) is 0.110. The van der Waals surface area contributed by atoms with Crippen molar-refractivity contribution < 1.29 is 60.0 Å². The van der Waals surface area contributed by atoms with Crippen LogP contribution in [0.15, 0.2) is 41.0 Å². The zero-order valence-electron chi connectivity index (χ0n) is 22.0. The molecule has 1 atom stereocenters. The van der Waals surface area contributed by atoms with Gasteiger partial charge in [0.15, 0.2) is 12.0 Å². The highest BCUT2D eigenvalue weighted by atomic mass is 79.9. The highest BCUT2D eigenvalue weighted by Crippen LogP contribution is 2.40. The minimum Gasteiger partial charge on any atom is -0.465 e. The Balaban J connectivity index is 1.84. The van der Waals surface area contributed by atoms with Crippen LogP contribution >= 0.6 is 15.9 Å². The van der Waals surface area contributed by atoms with Crippen molar-refractivity contribution in [1.29, 1.82) is 0 Å². The lowest BCUT2D eigenvalue weighted by molar-refractivity contribution is -0.273. The number of hydrogen-bond acceptors (Lipinski definition) is 7. The number of carbonyl (C=O) groups excluding carboxylic acids is 2. The fraction of sp³-hybridized carbons (Fsp3) is 0.440. The van der Waals surface area contributed by atoms with Gasteiger partial charge in [0.1, 0.15) is 4.60 Å². The molecule has 18 heteroatoms. The van der Waals surface area contributed by atoms with Gasteiger partial charge in [0.25, 0.3) is 11.8 Å². The zero-order valence-corrected chi connectivity index (χ0v) is 23.6. The third-order valence-electron chi connectivity index (χ3n) is 6.09. The first-order valence-corrected chi connectivity index (χ1v) is 13.3. The molecule has 0 bridgehead atoms. The molecule has 0 saturated carbocycles. The second-order valence-electron chi connectivity index (χ2n) is 9.08. The zero-order chi connectivity index (χ0) is 31.8. The molecule has 1 aliphatic heterocycles. The average molecular weight is 687 g/mol. The number of alkyl halides is 6. The Hall–Kier alpha value is -3.48. The van der Waals surface area contributed by atoms with Crippen LogP contribution in [0.4, 0.5) is 36.8 Å². The summed E-state index contributed by atoms with van der Waals surface area (Å²) in [5.41, 5.74) is -3.30. The first-order valence-electron chi connectivity index (χ1n) is 12.5. The summed E-state index contributed by atoms with van der Waals surface area (Å²) >= 11 is 2.53. The molecule has 0 spiro atoms. The molecule has 0 aliphatic carbocycles. The number of halogens is 7. The predicted molar refractivity (Wildman–Crippen MR) is 138 cm³/mol. The van der Waals surface area contributed by atoms with Crippen LogP contribution in [0.3, 0.4) is 0 Å². The summed E-state index contributed by atoms with van der Waals surface area (Å²) in [7, 11) is 0. The Bertz CT molecular complexity index is 1290. The number of aromatic nitrogens is 1. The number of carbonyl (C=O) groups is 3. The Morgan fingerprint density at radius 3 is 2.26 bits per heavy atom. The Morgan fingerprint density at radius 1 is 1.02 bits per heavy atom. The second kappa shape index (κ2) is 14.3. The summed E-state index contributed by atoms with van der Waals surface area (Å²) in [5.74, 6) is -3.36. The van der Waals surface area contributed by atoms with Gasteiger partial charge in [-0.2, -0.15) is 26.3 Å². The van der Waals surface area contributed by atoms with Crippen molar-refractivity contribution in [3.8, 4) is 0 Å². The van der Waals surface area contributed by atoms with Gasteiger partial charge in [-0.05, 0) is 53.2 Å². The number of amides is 3. The average Bonchev–Trinajstić information content (AvgIpc) is 3.44. The van der Waals surface area contributed by atoms with Crippen LogP contribution in [0, 0.1) is 0 Å². The molecule has 3 amide bonds. The second-order valence-corrected chi connectivity index (χ2v) is 9.83. The van der Waals surface area contributed by atoms with Gasteiger partial charge in [0.05, 0.1) is 31.1 Å². The van der Waals surface area contributed by atoms with Crippen LogP contribution in [0.2, 0.25) is 0 Å². The van der Waals surface area contributed by atoms with Gasteiger partial charge >= 0.3 is 18.4 Å². The molecule has 0 radical (unpaired) electrons. The molecule has 43 heavy (non-hydrogen) atoms. The smallest absolute Gasteiger partial charge is 0.426 e. The van der Waals surface area contributed by atoms with Crippen LogP contribution in [0.25, 0.3) is 0 Å². The number of ether oxygens (including phenoxy) is 3. The maximum Gasteiger partial charge on any atom is 0.426 e. The lowest BCUT2D eigenvalue weighted by Gasteiger charge is -2.34. The number of anilines is 1. The van der Waals surface area contributed by atoms with Gasteiger partial charge in [0.2, 0.25) is 5.60 Å². The van der Waals surface area contributed by atoms with Gasteiger partial charge in [-0.15, -0.1) is 0 Å². The number of hydrogen-bond donors (Lipinski definition) is 4. The minimum atomic E-state index is -5.30. The standard InChI is InChI=1S/C25H25BrF6N4O7/c26-19-15(24(27,28)29)12-16(33-22(39)40)18(34-19)20(37)35-36-21(38)23(25(30,31)32,43-13-14-6-2-1-3-7-14)9-5-4-8-17-41-10-11-42-17/h1-3,6-7,12,17,33H,4-5,8-11,13H2,(H,35,37)(H,36,38)(H,39,40). The van der Waals surface area contributed by atoms with Gasteiger partial charge in [-0.3, -0.25) is 25.8 Å². The highest BCUT2D eigenvalue weighted by molar-refractivity contribution is 9.10. The SMILES string of the molecule is O=C(O)Nc1cc(C(F)(F)F)c(Br)nc1C(=O)NNC(=O)C(CCCCC1OCCO1)(OCc1ccccc1)C(F)(F)F. The summed E-state index contributed by atoms with van der Waals surface area (Å²) in [4.78, 5) is 40.4. The largest absolute Gasteiger partial charge is 0.465 e. The number of rotatable bonds is 11. The first-order chi connectivity index (χ1) is 20.1. The third-order valence-corrected chi connectivity index (χ3v) is 6.69. The van der Waals surface area contributed by atoms with Gasteiger partial charge in [0, 0.05) is 0 Å². The van der Waals surface area contributed by atoms with Crippen molar-refractivity contribution in [2.45, 2.75) is 56.5 Å². The molecule has 1 unspecified atom stereocenters. The van der Waals surface area contributed by atoms with E-state index in [2.05, 4.69) is 20.9 Å². The minimum absolute atomic E-state index is 0.157. The molecule has 236 valence electrons. The summed E-state index contributed by atoms with van der Waals surface area (Å²) in [6.45, 7) is 0.0393. The molecule has 1 aromatic heterocycles. The number of unbranched alkanes of at least 4 members (excludes halogenated alkanes) is 1. The van der Waals surface area contributed by atoms with Crippen LogP contribution in [0.5, 0.6) is 0 Å². The van der Waals surface area contributed by atoms with E-state index in [1.54, 1.807) is 34.4 Å². The normalized spacial score (nSPS) is 15.5. The number of hydrazine groups is 1. The van der Waals surface area contributed by atoms with E-state index in [-0.39, 0.29) is 25.3 Å². The van der Waals surface area contributed by atoms with Crippen LogP contribution in [0.1, 0.15) is 47.3 Å². The van der Waals surface area contributed by atoms with Gasteiger partial charge in [-0.25, -0.2) is 9.78 Å². The molecule has 2 aromatic rings. The lowest BCUT2D eigenvalue weighted by atomic mass is 9.93. The lowest BCUT2D eigenvalue weighted by Crippen LogP contribution is -2.61. The van der Waals surface area contributed by atoms with Crippen molar-refractivity contribution in [2.24, 2.45) is 0 Å². The Morgan fingerprint density at radius 2 is 1.67 bits per heavy atom. The van der Waals surface area contributed by atoms with E-state index in [0.29, 0.717) is 18.8 Å². The summed E-state index contributed by atoms with van der Waals surface area (Å²) in [6.07, 6.45) is -13.4. The molecular formula is C25H25BrF6N4O7. The summed E-state index contributed by atoms with van der Waals surface area (Å²) in [5, 5.41) is 10.6. The van der Waals surface area contributed by atoms with Crippen molar-refractivity contribution in [2.75, 3.05) is 18.5 Å². The number of carboxylic acid groups (broad SMARTS) is 1. The van der Waals surface area contributed by atoms with E-state index in [4.69, 9.17) is 19.3 Å². The molecule has 1 saturated heterocycles. The fourth-order valence-electron chi connectivity index (χ4n) is 3.99. The Kier molecular flexibility index (Phi) is 11.3. The fourth-order valence-corrected chi connectivity index (χ4v) is 4.51. The van der Waals surface area contributed by atoms with E-state index in [0.717, 1.165) is 0 Å². The van der Waals surface area contributed by atoms with Crippen LogP contribution in [-0.2, 0) is 31.8 Å². The van der Waals surface area contributed by atoms with Crippen LogP contribution < -0.4 is 16.2 Å². The molecule has 1 fully saturated rings. The molecule has 11 nitrogen and oxygen atoms in total. The summed E-state index contributed by atoms with van der Waals surface area (Å²) in [6, 6.07) is 7.92. The molecular weight excluding hydrogens is 662 g/mol. The van der Waals surface area contributed by atoms with Gasteiger partial charge in [-0.1, -0.05) is 30.3 Å². The van der Waals surface area contributed by atoms with E-state index >= 15 is 0 Å². The number of nitrogens with zero attached hydrogens (tertiary/aromatic N) is 1. The first kappa shape index (κ1) is 34.0. The maximum absolute atomic E-state index is 14.6. The number of nitrogens with one attached hydrogen (secondary N) is 3. The predicted octanol–water partition coefficient (Wildman–Crippen LogP) is 5.17. The van der Waals surface area contributed by atoms with E-state index in [1.165, 1.54) is 12.1 Å². The van der Waals surface area contributed by atoms with Crippen molar-refractivity contribution in [3.05, 3.63) is 57.8 Å².